The summed E-state index contributed by atoms with van der Waals surface area (Å²) in [5, 5.41) is 5.54. The van der Waals surface area contributed by atoms with Gasteiger partial charge in [-0.1, -0.05) is 0 Å². The van der Waals surface area contributed by atoms with Crippen molar-refractivity contribution in [3.05, 3.63) is 0 Å². The van der Waals surface area contributed by atoms with Crippen molar-refractivity contribution in [2.24, 2.45) is 11.3 Å². The summed E-state index contributed by atoms with van der Waals surface area (Å²) < 4.78 is 0. The molecule has 3 aliphatic rings. The molecule has 0 bridgehead atoms. The van der Waals surface area contributed by atoms with Gasteiger partial charge < -0.3 is 10.2 Å². The fourth-order valence-corrected chi connectivity index (χ4v) is 3.50. The highest BCUT2D eigenvalue weighted by atomic mass is 16.2. The molecule has 5 nitrogen and oxygen atoms in total. The van der Waals surface area contributed by atoms with Crippen LogP contribution in [-0.4, -0.2) is 62.1 Å². The van der Waals surface area contributed by atoms with Gasteiger partial charge in [0, 0.05) is 50.6 Å². The van der Waals surface area contributed by atoms with E-state index in [0.717, 1.165) is 52.1 Å². The third-order valence-corrected chi connectivity index (χ3v) is 4.91. The number of rotatable bonds is 2. The van der Waals surface area contributed by atoms with E-state index in [1.54, 1.807) is 0 Å². The quantitative estimate of drug-likeness (QED) is 0.705. The molecule has 0 aliphatic carbocycles. The Kier molecular flexibility index (Phi) is 3.30. The Balaban J connectivity index is 1.53. The number of piperidine rings is 1. The molecule has 0 atom stereocenters. The lowest BCUT2D eigenvalue weighted by molar-refractivity contribution is -0.136. The SMILES string of the molecule is CNN1CCC(C(=O)N2CCC3(CNC3)C2)CC1. The molecule has 3 fully saturated rings. The number of carbonyl (C=O) groups excluding carboxylic acids is 1. The maximum Gasteiger partial charge on any atom is 0.225 e. The monoisotopic (exact) mass is 252 g/mol. The summed E-state index contributed by atoms with van der Waals surface area (Å²) in [6.07, 6.45) is 3.20. The fraction of sp³-hybridized carbons (Fsp3) is 0.923. The van der Waals surface area contributed by atoms with Crippen LogP contribution in [-0.2, 0) is 4.79 Å². The molecule has 0 aromatic heterocycles. The highest BCUT2D eigenvalue weighted by molar-refractivity contribution is 5.79. The number of hydrogen-bond acceptors (Lipinski definition) is 4. The van der Waals surface area contributed by atoms with E-state index in [1.807, 2.05) is 7.05 Å². The minimum Gasteiger partial charge on any atom is -0.342 e. The van der Waals surface area contributed by atoms with Crippen LogP contribution in [0, 0.1) is 11.3 Å². The average Bonchev–Trinajstić information content (AvgIpc) is 2.83. The normalized spacial score (nSPS) is 28.6. The third kappa shape index (κ3) is 2.15. The molecule has 0 aromatic carbocycles. The van der Waals surface area contributed by atoms with E-state index in [9.17, 15) is 4.79 Å². The molecule has 18 heavy (non-hydrogen) atoms. The standard InChI is InChI=1S/C13H24N4O/c1-14-17-5-2-11(3-6-17)12(18)16-7-4-13(10-16)8-15-9-13/h11,14-15H,2-10H2,1H3. The summed E-state index contributed by atoms with van der Waals surface area (Å²) in [6, 6.07) is 0. The Bertz CT molecular complexity index is 321. The molecule has 3 rings (SSSR count). The summed E-state index contributed by atoms with van der Waals surface area (Å²) in [5.74, 6) is 0.673. The number of carbonyl (C=O) groups is 1. The van der Waals surface area contributed by atoms with Crippen LogP contribution in [0.1, 0.15) is 19.3 Å². The molecular formula is C13H24N4O. The van der Waals surface area contributed by atoms with Gasteiger partial charge in [0.15, 0.2) is 0 Å². The van der Waals surface area contributed by atoms with E-state index in [1.165, 1.54) is 6.42 Å². The molecule has 0 saturated carbocycles. The van der Waals surface area contributed by atoms with Crippen molar-refractivity contribution >= 4 is 5.91 Å². The highest BCUT2D eigenvalue weighted by Crippen LogP contribution is 2.35. The minimum absolute atomic E-state index is 0.262. The maximum absolute atomic E-state index is 12.5. The first kappa shape index (κ1) is 12.4. The number of hydrogen-bond donors (Lipinski definition) is 2. The number of nitrogens with zero attached hydrogens (tertiary/aromatic N) is 2. The molecule has 5 heteroatoms. The van der Waals surface area contributed by atoms with Crippen LogP contribution < -0.4 is 10.7 Å². The van der Waals surface area contributed by atoms with Gasteiger partial charge in [0.05, 0.1) is 0 Å². The Morgan fingerprint density at radius 3 is 2.50 bits per heavy atom. The molecule has 1 amide bonds. The molecule has 0 aromatic rings. The van der Waals surface area contributed by atoms with Crippen LogP contribution in [0.2, 0.25) is 0 Å². The van der Waals surface area contributed by atoms with Crippen molar-refractivity contribution < 1.29 is 4.79 Å². The lowest BCUT2D eigenvalue weighted by Gasteiger charge is -2.39. The van der Waals surface area contributed by atoms with Gasteiger partial charge in [-0.15, -0.1) is 0 Å². The lowest BCUT2D eigenvalue weighted by Crippen LogP contribution is -2.55. The van der Waals surface area contributed by atoms with Gasteiger partial charge in [-0.3, -0.25) is 10.2 Å². The molecule has 0 unspecified atom stereocenters. The Hall–Kier alpha value is -0.650. The number of amides is 1. The van der Waals surface area contributed by atoms with Crippen molar-refractivity contribution in [2.75, 3.05) is 46.3 Å². The van der Waals surface area contributed by atoms with Crippen molar-refractivity contribution in [2.45, 2.75) is 19.3 Å². The molecule has 3 heterocycles. The Morgan fingerprint density at radius 2 is 2.00 bits per heavy atom. The van der Waals surface area contributed by atoms with Crippen molar-refractivity contribution in [1.29, 1.82) is 0 Å². The fourth-order valence-electron chi connectivity index (χ4n) is 3.50. The van der Waals surface area contributed by atoms with Gasteiger partial charge in [-0.2, -0.15) is 0 Å². The first-order valence-electron chi connectivity index (χ1n) is 7.14. The van der Waals surface area contributed by atoms with E-state index in [4.69, 9.17) is 0 Å². The van der Waals surface area contributed by atoms with Gasteiger partial charge in [0.2, 0.25) is 5.91 Å². The molecular weight excluding hydrogens is 228 g/mol. The predicted octanol–water partition coefficient (Wildman–Crippen LogP) is -0.345. The van der Waals surface area contributed by atoms with E-state index in [-0.39, 0.29) is 5.92 Å². The summed E-state index contributed by atoms with van der Waals surface area (Å²) in [6.45, 7) is 6.17. The molecule has 102 valence electrons. The predicted molar refractivity (Wildman–Crippen MR) is 69.9 cm³/mol. The van der Waals surface area contributed by atoms with Crippen LogP contribution in [0.25, 0.3) is 0 Å². The molecule has 1 spiro atoms. The zero-order valence-electron chi connectivity index (χ0n) is 11.2. The van der Waals surface area contributed by atoms with Gasteiger partial charge in [0.25, 0.3) is 0 Å². The first-order chi connectivity index (χ1) is 8.72. The van der Waals surface area contributed by atoms with E-state index >= 15 is 0 Å². The summed E-state index contributed by atoms with van der Waals surface area (Å²) >= 11 is 0. The highest BCUT2D eigenvalue weighted by Gasteiger charge is 2.45. The van der Waals surface area contributed by atoms with Crippen LogP contribution in [0.3, 0.4) is 0 Å². The number of likely N-dealkylation sites (tertiary alicyclic amines) is 1. The largest absolute Gasteiger partial charge is 0.342 e. The van der Waals surface area contributed by atoms with Gasteiger partial charge in [-0.25, -0.2) is 5.01 Å². The van der Waals surface area contributed by atoms with Gasteiger partial charge >= 0.3 is 0 Å². The zero-order chi connectivity index (χ0) is 12.6. The van der Waals surface area contributed by atoms with Crippen molar-refractivity contribution in [3.63, 3.8) is 0 Å². The van der Waals surface area contributed by atoms with Gasteiger partial charge in [0.1, 0.15) is 0 Å². The van der Waals surface area contributed by atoms with Gasteiger partial charge in [-0.05, 0) is 26.3 Å². The maximum atomic E-state index is 12.5. The van der Waals surface area contributed by atoms with Crippen LogP contribution >= 0.6 is 0 Å². The second-order valence-corrected chi connectivity index (χ2v) is 6.10. The van der Waals surface area contributed by atoms with Crippen LogP contribution in [0.15, 0.2) is 0 Å². The number of nitrogens with one attached hydrogen (secondary N) is 2. The molecule has 2 N–H and O–H groups in total. The zero-order valence-corrected chi connectivity index (χ0v) is 11.2. The average molecular weight is 252 g/mol. The topological polar surface area (TPSA) is 47.6 Å². The van der Waals surface area contributed by atoms with E-state index in [2.05, 4.69) is 20.7 Å². The van der Waals surface area contributed by atoms with E-state index < -0.39 is 0 Å². The second-order valence-electron chi connectivity index (χ2n) is 6.10. The second kappa shape index (κ2) is 4.79. The van der Waals surface area contributed by atoms with Crippen LogP contribution in [0.4, 0.5) is 0 Å². The smallest absolute Gasteiger partial charge is 0.225 e. The van der Waals surface area contributed by atoms with E-state index in [0.29, 0.717) is 11.3 Å². The molecule has 3 saturated heterocycles. The molecule has 3 aliphatic heterocycles. The van der Waals surface area contributed by atoms with Crippen molar-refractivity contribution in [1.82, 2.24) is 20.7 Å². The third-order valence-electron chi connectivity index (χ3n) is 4.91. The Labute approximate surface area is 109 Å². The summed E-state index contributed by atoms with van der Waals surface area (Å²) in [5.41, 5.74) is 3.60. The minimum atomic E-state index is 0.262. The Morgan fingerprint density at radius 1 is 1.28 bits per heavy atom. The van der Waals surface area contributed by atoms with Crippen LogP contribution in [0.5, 0.6) is 0 Å². The first-order valence-corrected chi connectivity index (χ1v) is 7.14. The summed E-state index contributed by atoms with van der Waals surface area (Å²) in [4.78, 5) is 14.6. The summed E-state index contributed by atoms with van der Waals surface area (Å²) in [7, 11) is 1.95. The van der Waals surface area contributed by atoms with Crippen molar-refractivity contribution in [3.8, 4) is 0 Å². The molecule has 0 radical (unpaired) electrons. The lowest BCUT2D eigenvalue weighted by atomic mass is 9.81. The number of hydrazine groups is 1.